The Balaban J connectivity index is 1.45. The largest absolute Gasteiger partial charge is 0.455 e. The van der Waals surface area contributed by atoms with Crippen molar-refractivity contribution in [2.75, 3.05) is 17.3 Å². The van der Waals surface area contributed by atoms with Crippen molar-refractivity contribution in [1.82, 2.24) is 10.1 Å². The summed E-state index contributed by atoms with van der Waals surface area (Å²) in [7, 11) is -2.94. The molecule has 0 radical (unpaired) electrons. The van der Waals surface area contributed by atoms with Crippen LogP contribution in [0.2, 0.25) is 5.02 Å². The number of thioether (sulfide) groups is 1. The van der Waals surface area contributed by atoms with E-state index in [0.717, 1.165) is 5.56 Å². The molecule has 1 aromatic heterocycles. The van der Waals surface area contributed by atoms with Gasteiger partial charge in [-0.3, -0.25) is 4.79 Å². The summed E-state index contributed by atoms with van der Waals surface area (Å²) < 4.78 is 32.9. The highest BCUT2D eigenvalue weighted by Gasteiger charge is 2.28. The van der Waals surface area contributed by atoms with Gasteiger partial charge >= 0.3 is 5.97 Å². The summed E-state index contributed by atoms with van der Waals surface area (Å²) in [5, 5.41) is 4.39. The fraction of sp³-hybridized carbons (Fsp3) is 0.400. The minimum atomic E-state index is -2.94. The summed E-state index contributed by atoms with van der Waals surface area (Å²) in [5.41, 5.74) is 0.740. The van der Waals surface area contributed by atoms with Gasteiger partial charge in [0.15, 0.2) is 16.4 Å². The van der Waals surface area contributed by atoms with Crippen LogP contribution in [-0.4, -0.2) is 47.0 Å². The van der Waals surface area contributed by atoms with E-state index < -0.39 is 15.8 Å². The molecule has 10 heteroatoms. The van der Waals surface area contributed by atoms with E-state index in [1.54, 1.807) is 24.3 Å². The standard InChI is InChI=1S/C15H15ClN2O5S2/c16-11-3-1-10(2-4-11)15-17-13(23-18-15)7-22-14(19)8-24-12-5-6-25(20,21)9-12/h1-4,12H,5-9H2/t12-/m0/s1. The van der Waals surface area contributed by atoms with Crippen LogP contribution in [0.25, 0.3) is 11.4 Å². The predicted molar refractivity (Wildman–Crippen MR) is 94.1 cm³/mol. The van der Waals surface area contributed by atoms with Crippen LogP contribution in [0.1, 0.15) is 12.3 Å². The van der Waals surface area contributed by atoms with Gasteiger partial charge in [0.25, 0.3) is 5.89 Å². The zero-order valence-electron chi connectivity index (χ0n) is 13.1. The molecule has 0 unspecified atom stereocenters. The molecule has 3 rings (SSSR count). The normalized spacial score (nSPS) is 19.0. The second kappa shape index (κ2) is 7.76. The first-order valence-electron chi connectivity index (χ1n) is 7.47. The van der Waals surface area contributed by atoms with E-state index in [0.29, 0.717) is 17.3 Å². The average molecular weight is 403 g/mol. The van der Waals surface area contributed by atoms with E-state index in [-0.39, 0.29) is 35.0 Å². The maximum Gasteiger partial charge on any atom is 0.316 e. The SMILES string of the molecule is O=C(CS[C@H]1CCS(=O)(=O)C1)OCc1nc(-c2ccc(Cl)cc2)no1. The number of carbonyl (C=O) groups excluding carboxylic acids is 1. The van der Waals surface area contributed by atoms with Crippen molar-refractivity contribution in [3.05, 3.63) is 35.2 Å². The average Bonchev–Trinajstić information content (AvgIpc) is 3.18. The minimum absolute atomic E-state index is 0.0440. The number of sulfone groups is 1. The van der Waals surface area contributed by atoms with Crippen LogP contribution in [0.5, 0.6) is 0 Å². The van der Waals surface area contributed by atoms with Crippen molar-refractivity contribution >= 4 is 39.2 Å². The first-order valence-corrected chi connectivity index (χ1v) is 10.7. The van der Waals surface area contributed by atoms with Crippen molar-refractivity contribution in [3.63, 3.8) is 0 Å². The van der Waals surface area contributed by atoms with Crippen LogP contribution in [0.3, 0.4) is 0 Å². The number of hydrogen-bond acceptors (Lipinski definition) is 8. The van der Waals surface area contributed by atoms with Gasteiger partial charge in [0.1, 0.15) is 0 Å². The molecule has 2 heterocycles. The number of ether oxygens (including phenoxy) is 1. The topological polar surface area (TPSA) is 99.4 Å². The fourth-order valence-corrected chi connectivity index (χ4v) is 5.86. The molecule has 0 N–H and O–H groups in total. The van der Waals surface area contributed by atoms with Gasteiger partial charge in [-0.1, -0.05) is 16.8 Å². The molecule has 1 aliphatic heterocycles. The van der Waals surface area contributed by atoms with Crippen LogP contribution in [0, 0.1) is 0 Å². The molecule has 1 atom stereocenters. The smallest absolute Gasteiger partial charge is 0.316 e. The summed E-state index contributed by atoms with van der Waals surface area (Å²) in [6.07, 6.45) is 0.578. The molecule has 25 heavy (non-hydrogen) atoms. The van der Waals surface area contributed by atoms with Gasteiger partial charge in [-0.25, -0.2) is 8.42 Å². The van der Waals surface area contributed by atoms with Crippen LogP contribution in [0.4, 0.5) is 0 Å². The highest BCUT2D eigenvalue weighted by molar-refractivity contribution is 8.02. The predicted octanol–water partition coefficient (Wildman–Crippen LogP) is 2.35. The monoisotopic (exact) mass is 402 g/mol. The number of rotatable bonds is 6. The Kier molecular flexibility index (Phi) is 5.65. The summed E-state index contributed by atoms with van der Waals surface area (Å²) in [6.45, 7) is -0.122. The molecule has 2 aromatic rings. The number of halogens is 1. The molecule has 1 aliphatic rings. The molecule has 7 nitrogen and oxygen atoms in total. The Hall–Kier alpha value is -1.58. The van der Waals surface area contributed by atoms with Gasteiger partial charge < -0.3 is 9.26 Å². The third kappa shape index (κ3) is 5.20. The summed E-state index contributed by atoms with van der Waals surface area (Å²) >= 11 is 7.12. The first kappa shape index (κ1) is 18.2. The zero-order chi connectivity index (χ0) is 17.9. The number of nitrogens with zero attached hydrogens (tertiary/aromatic N) is 2. The van der Waals surface area contributed by atoms with Crippen molar-refractivity contribution in [3.8, 4) is 11.4 Å². The lowest BCUT2D eigenvalue weighted by atomic mass is 10.2. The van der Waals surface area contributed by atoms with E-state index in [1.165, 1.54) is 11.8 Å². The van der Waals surface area contributed by atoms with Gasteiger partial charge in [-0.2, -0.15) is 4.98 Å². The molecule has 1 fully saturated rings. The highest BCUT2D eigenvalue weighted by Crippen LogP contribution is 2.24. The molecule has 1 aromatic carbocycles. The van der Waals surface area contributed by atoms with Gasteiger partial charge in [0.05, 0.1) is 17.3 Å². The zero-order valence-corrected chi connectivity index (χ0v) is 15.4. The minimum Gasteiger partial charge on any atom is -0.455 e. The van der Waals surface area contributed by atoms with E-state index >= 15 is 0 Å². The third-order valence-electron chi connectivity index (χ3n) is 3.55. The highest BCUT2D eigenvalue weighted by atomic mass is 35.5. The lowest BCUT2D eigenvalue weighted by Crippen LogP contribution is -2.12. The van der Waals surface area contributed by atoms with Crippen molar-refractivity contribution in [2.24, 2.45) is 0 Å². The second-order valence-corrected chi connectivity index (χ2v) is 9.47. The molecule has 0 bridgehead atoms. The fourth-order valence-electron chi connectivity index (χ4n) is 2.29. The Morgan fingerprint density at radius 2 is 2.12 bits per heavy atom. The van der Waals surface area contributed by atoms with E-state index in [9.17, 15) is 13.2 Å². The van der Waals surface area contributed by atoms with Gasteiger partial charge in [-0.15, -0.1) is 11.8 Å². The lowest BCUT2D eigenvalue weighted by Gasteiger charge is -2.06. The van der Waals surface area contributed by atoms with Crippen molar-refractivity contribution in [2.45, 2.75) is 18.3 Å². The quantitative estimate of drug-likeness (QED) is 0.679. The number of aromatic nitrogens is 2. The molecule has 0 aliphatic carbocycles. The maximum absolute atomic E-state index is 11.8. The van der Waals surface area contributed by atoms with Crippen LogP contribution in [0.15, 0.2) is 28.8 Å². The Morgan fingerprint density at radius 1 is 1.36 bits per heavy atom. The first-order chi connectivity index (χ1) is 11.9. The lowest BCUT2D eigenvalue weighted by molar-refractivity contribution is -0.142. The molecular weight excluding hydrogens is 388 g/mol. The summed E-state index contributed by atoms with van der Waals surface area (Å²) in [6, 6.07) is 6.95. The van der Waals surface area contributed by atoms with E-state index in [1.807, 2.05) is 0 Å². The number of carbonyl (C=O) groups is 1. The van der Waals surface area contributed by atoms with Gasteiger partial charge in [0, 0.05) is 15.8 Å². The van der Waals surface area contributed by atoms with Crippen molar-refractivity contribution in [1.29, 1.82) is 0 Å². The molecule has 134 valence electrons. The van der Waals surface area contributed by atoms with Crippen molar-refractivity contribution < 1.29 is 22.5 Å². The van der Waals surface area contributed by atoms with E-state index in [2.05, 4.69) is 10.1 Å². The molecule has 0 saturated carbocycles. The third-order valence-corrected chi connectivity index (χ3v) is 7.06. The summed E-state index contributed by atoms with van der Waals surface area (Å²) in [5.74, 6) is 0.535. The van der Waals surface area contributed by atoms with Gasteiger partial charge in [0.2, 0.25) is 5.82 Å². The molecule has 1 saturated heterocycles. The summed E-state index contributed by atoms with van der Waals surface area (Å²) in [4.78, 5) is 15.9. The van der Waals surface area contributed by atoms with Crippen LogP contribution < -0.4 is 0 Å². The van der Waals surface area contributed by atoms with E-state index in [4.69, 9.17) is 20.9 Å². The number of esters is 1. The maximum atomic E-state index is 11.8. The Labute approximate surface area is 154 Å². The molecule has 0 spiro atoms. The number of benzene rings is 1. The molecular formula is C15H15ClN2O5S2. The number of hydrogen-bond donors (Lipinski definition) is 0. The van der Waals surface area contributed by atoms with Crippen LogP contribution >= 0.6 is 23.4 Å². The Bertz CT molecular complexity index is 851. The molecule has 0 amide bonds. The second-order valence-electron chi connectivity index (χ2n) is 5.52. The van der Waals surface area contributed by atoms with Crippen LogP contribution in [-0.2, 0) is 26.0 Å². The Morgan fingerprint density at radius 3 is 2.80 bits per heavy atom. The van der Waals surface area contributed by atoms with Gasteiger partial charge in [-0.05, 0) is 30.7 Å².